The predicted molar refractivity (Wildman–Crippen MR) is 91.5 cm³/mol. The molecule has 0 bridgehead atoms. The van der Waals surface area contributed by atoms with Gasteiger partial charge >= 0.3 is 0 Å². The van der Waals surface area contributed by atoms with E-state index < -0.39 is 0 Å². The van der Waals surface area contributed by atoms with Crippen molar-refractivity contribution in [3.63, 3.8) is 0 Å². The molecule has 1 N–H and O–H groups in total. The summed E-state index contributed by atoms with van der Waals surface area (Å²) < 4.78 is 14.5. The highest BCUT2D eigenvalue weighted by Gasteiger charge is 2.14. The number of halogens is 1. The first-order valence-electron chi connectivity index (χ1n) is 7.05. The highest BCUT2D eigenvalue weighted by molar-refractivity contribution is 7.20. The van der Waals surface area contributed by atoms with Crippen LogP contribution in [0.25, 0.3) is 21.0 Å². The molecule has 0 aliphatic rings. The molecule has 4 rings (SSSR count). The van der Waals surface area contributed by atoms with Gasteiger partial charge in [-0.3, -0.25) is 9.78 Å². The van der Waals surface area contributed by atoms with Crippen LogP contribution in [0, 0.1) is 5.82 Å². The number of nitrogens with one attached hydrogen (secondary N) is 1. The van der Waals surface area contributed by atoms with Gasteiger partial charge in [-0.1, -0.05) is 24.3 Å². The van der Waals surface area contributed by atoms with E-state index in [2.05, 4.69) is 10.3 Å². The van der Waals surface area contributed by atoms with Crippen molar-refractivity contribution < 1.29 is 9.18 Å². The SMILES string of the molecule is O=C(Nc1cccc2cccnc12)c1cc2c(F)cccc2s1. The Balaban J connectivity index is 1.72. The van der Waals surface area contributed by atoms with Crippen LogP contribution in [0.4, 0.5) is 10.1 Å². The third kappa shape index (κ3) is 2.45. The first-order valence-corrected chi connectivity index (χ1v) is 7.87. The van der Waals surface area contributed by atoms with Crippen LogP contribution in [0.3, 0.4) is 0 Å². The van der Waals surface area contributed by atoms with Crippen molar-refractivity contribution in [1.82, 2.24) is 4.98 Å². The summed E-state index contributed by atoms with van der Waals surface area (Å²) in [5.74, 6) is -0.576. The molecule has 0 fully saturated rings. The number of rotatable bonds is 2. The summed E-state index contributed by atoms with van der Waals surface area (Å²) >= 11 is 1.27. The number of carbonyl (C=O) groups excluding carboxylic acids is 1. The van der Waals surface area contributed by atoms with E-state index in [0.29, 0.717) is 16.0 Å². The third-order valence-electron chi connectivity index (χ3n) is 3.61. The van der Waals surface area contributed by atoms with Gasteiger partial charge in [0.05, 0.1) is 16.1 Å². The number of nitrogens with zero attached hydrogens (tertiary/aromatic N) is 1. The van der Waals surface area contributed by atoms with Crippen LogP contribution in [0.15, 0.2) is 60.8 Å². The van der Waals surface area contributed by atoms with Gasteiger partial charge in [0.2, 0.25) is 0 Å². The fraction of sp³-hybridized carbons (Fsp3) is 0. The molecule has 2 aromatic carbocycles. The minimum Gasteiger partial charge on any atom is -0.319 e. The van der Waals surface area contributed by atoms with Crippen molar-refractivity contribution >= 4 is 43.9 Å². The summed E-state index contributed by atoms with van der Waals surface area (Å²) in [6.45, 7) is 0. The maximum absolute atomic E-state index is 13.8. The second-order valence-electron chi connectivity index (χ2n) is 5.10. The molecule has 23 heavy (non-hydrogen) atoms. The first-order chi connectivity index (χ1) is 11.2. The first kappa shape index (κ1) is 13.8. The highest BCUT2D eigenvalue weighted by atomic mass is 32.1. The topological polar surface area (TPSA) is 42.0 Å². The van der Waals surface area contributed by atoms with Crippen molar-refractivity contribution in [2.24, 2.45) is 0 Å². The van der Waals surface area contributed by atoms with E-state index >= 15 is 0 Å². The van der Waals surface area contributed by atoms with Crippen LogP contribution in [-0.4, -0.2) is 10.9 Å². The van der Waals surface area contributed by atoms with Crippen molar-refractivity contribution in [3.05, 3.63) is 71.5 Å². The Morgan fingerprint density at radius 2 is 1.91 bits per heavy atom. The summed E-state index contributed by atoms with van der Waals surface area (Å²) in [6, 6.07) is 15.8. The number of anilines is 1. The van der Waals surface area contributed by atoms with Gasteiger partial charge in [0.1, 0.15) is 5.82 Å². The number of fused-ring (bicyclic) bond motifs is 2. The van der Waals surface area contributed by atoms with Gasteiger partial charge in [0, 0.05) is 21.7 Å². The fourth-order valence-electron chi connectivity index (χ4n) is 2.53. The zero-order valence-electron chi connectivity index (χ0n) is 11.9. The Bertz CT molecular complexity index is 1040. The van der Waals surface area contributed by atoms with Gasteiger partial charge in [-0.2, -0.15) is 0 Å². The second kappa shape index (κ2) is 5.44. The molecule has 0 unspecified atom stereocenters. The molecular weight excluding hydrogens is 311 g/mol. The minimum absolute atomic E-state index is 0.260. The number of thiophene rings is 1. The van der Waals surface area contributed by atoms with Crippen molar-refractivity contribution in [2.75, 3.05) is 5.32 Å². The summed E-state index contributed by atoms with van der Waals surface area (Å²) in [4.78, 5) is 17.3. The molecular formula is C18H11FN2OS. The molecule has 0 radical (unpaired) electrons. The average molecular weight is 322 g/mol. The van der Waals surface area contributed by atoms with Crippen molar-refractivity contribution in [1.29, 1.82) is 0 Å². The lowest BCUT2D eigenvalue weighted by atomic mass is 10.2. The minimum atomic E-state index is -0.315. The number of pyridine rings is 1. The molecule has 0 atom stereocenters. The summed E-state index contributed by atoms with van der Waals surface area (Å²) in [7, 11) is 0. The molecule has 0 aliphatic carbocycles. The Kier molecular flexibility index (Phi) is 3.28. The lowest BCUT2D eigenvalue weighted by Gasteiger charge is -2.06. The second-order valence-corrected chi connectivity index (χ2v) is 6.18. The van der Waals surface area contributed by atoms with Gasteiger partial charge in [-0.15, -0.1) is 11.3 Å². The van der Waals surface area contributed by atoms with Crippen molar-refractivity contribution in [3.8, 4) is 0 Å². The predicted octanol–water partition coefficient (Wildman–Crippen LogP) is 4.84. The van der Waals surface area contributed by atoms with Crippen LogP contribution in [0.5, 0.6) is 0 Å². The number of aromatic nitrogens is 1. The van der Waals surface area contributed by atoms with Gasteiger partial charge < -0.3 is 5.32 Å². The molecule has 4 aromatic rings. The zero-order valence-corrected chi connectivity index (χ0v) is 12.7. The van der Waals surface area contributed by atoms with Gasteiger partial charge in [-0.05, 0) is 30.3 Å². The van der Waals surface area contributed by atoms with E-state index in [1.807, 2.05) is 24.3 Å². The summed E-state index contributed by atoms with van der Waals surface area (Å²) in [6.07, 6.45) is 1.69. The number of benzene rings is 2. The molecule has 1 amide bonds. The molecule has 5 heteroatoms. The van der Waals surface area contributed by atoms with E-state index in [0.717, 1.165) is 15.6 Å². The highest BCUT2D eigenvalue weighted by Crippen LogP contribution is 2.29. The largest absolute Gasteiger partial charge is 0.319 e. The lowest BCUT2D eigenvalue weighted by Crippen LogP contribution is -2.10. The quantitative estimate of drug-likeness (QED) is 0.574. The molecule has 2 heterocycles. The summed E-state index contributed by atoms with van der Waals surface area (Å²) in [5.41, 5.74) is 1.38. The molecule has 0 saturated heterocycles. The molecule has 2 aromatic heterocycles. The monoisotopic (exact) mass is 322 g/mol. The Morgan fingerprint density at radius 1 is 1.09 bits per heavy atom. The lowest BCUT2D eigenvalue weighted by molar-refractivity contribution is 0.103. The van der Waals surface area contributed by atoms with Crippen LogP contribution < -0.4 is 5.32 Å². The fourth-order valence-corrected chi connectivity index (χ4v) is 3.50. The Morgan fingerprint density at radius 3 is 2.78 bits per heavy atom. The van der Waals surface area contributed by atoms with Crippen molar-refractivity contribution in [2.45, 2.75) is 0 Å². The maximum atomic E-state index is 13.8. The zero-order chi connectivity index (χ0) is 15.8. The molecule has 0 spiro atoms. The third-order valence-corrected chi connectivity index (χ3v) is 4.71. The standard InChI is InChI=1S/C18H11FN2OS/c19-13-6-2-8-15-12(13)10-16(23-15)18(22)21-14-7-1-4-11-5-3-9-20-17(11)14/h1-10H,(H,21,22). The van der Waals surface area contributed by atoms with E-state index in [1.165, 1.54) is 17.4 Å². The number of hydrogen-bond acceptors (Lipinski definition) is 3. The molecule has 0 aliphatic heterocycles. The van der Waals surface area contributed by atoms with Gasteiger partial charge in [0.15, 0.2) is 0 Å². The van der Waals surface area contributed by atoms with E-state index in [1.54, 1.807) is 30.5 Å². The Labute approximate surface area is 135 Å². The van der Waals surface area contributed by atoms with Crippen LogP contribution >= 0.6 is 11.3 Å². The van der Waals surface area contributed by atoms with E-state index in [-0.39, 0.29) is 11.7 Å². The number of hydrogen-bond donors (Lipinski definition) is 1. The van der Waals surface area contributed by atoms with Crippen LogP contribution in [-0.2, 0) is 0 Å². The van der Waals surface area contributed by atoms with Crippen LogP contribution in [0.2, 0.25) is 0 Å². The molecule has 0 saturated carbocycles. The van der Waals surface area contributed by atoms with E-state index in [9.17, 15) is 9.18 Å². The Hall–Kier alpha value is -2.79. The number of carbonyl (C=O) groups is 1. The molecule has 3 nitrogen and oxygen atoms in total. The smallest absolute Gasteiger partial charge is 0.265 e. The van der Waals surface area contributed by atoms with E-state index in [4.69, 9.17) is 0 Å². The summed E-state index contributed by atoms with van der Waals surface area (Å²) in [5, 5.41) is 4.29. The van der Waals surface area contributed by atoms with Gasteiger partial charge in [-0.25, -0.2) is 4.39 Å². The maximum Gasteiger partial charge on any atom is 0.265 e. The number of amides is 1. The van der Waals surface area contributed by atoms with Gasteiger partial charge in [0.25, 0.3) is 5.91 Å². The normalized spacial score (nSPS) is 11.0. The van der Waals surface area contributed by atoms with Crippen LogP contribution in [0.1, 0.15) is 9.67 Å². The number of para-hydroxylation sites is 1. The molecule has 112 valence electrons. The average Bonchev–Trinajstić information content (AvgIpc) is 3.01.